The third-order valence-electron chi connectivity index (χ3n) is 3.56. The molecule has 120 valence electrons. The number of benzene rings is 1. The van der Waals surface area contributed by atoms with E-state index in [9.17, 15) is 10.2 Å². The number of nitrogens with zero attached hydrogens (tertiary/aromatic N) is 1. The highest BCUT2D eigenvalue weighted by atomic mass is 16.3. The van der Waals surface area contributed by atoms with Gasteiger partial charge in [0.15, 0.2) is 11.5 Å². The van der Waals surface area contributed by atoms with Crippen molar-refractivity contribution in [2.45, 2.75) is 39.2 Å². The topological polar surface area (TPSA) is 77.4 Å². The number of phenols is 2. The van der Waals surface area contributed by atoms with Crippen LogP contribution in [0.3, 0.4) is 0 Å². The zero-order chi connectivity index (χ0) is 15.9. The Morgan fingerprint density at radius 1 is 1.14 bits per heavy atom. The number of anilines is 1. The van der Waals surface area contributed by atoms with Crippen LogP contribution >= 0.6 is 0 Å². The highest BCUT2D eigenvalue weighted by Gasteiger charge is 2.10. The molecule has 0 aliphatic carbocycles. The predicted octanol–water partition coefficient (Wildman–Crippen LogP) is 3.23. The first-order valence-electron chi connectivity index (χ1n) is 7.86. The number of unbranched alkanes of at least 4 members (excludes halogenated alkanes) is 2. The van der Waals surface area contributed by atoms with Gasteiger partial charge in [0, 0.05) is 30.2 Å². The molecule has 5 heteroatoms. The van der Waals surface area contributed by atoms with Gasteiger partial charge in [0.2, 0.25) is 0 Å². The molecule has 5 nitrogen and oxygen atoms in total. The molecule has 0 unspecified atom stereocenters. The lowest BCUT2D eigenvalue weighted by Crippen LogP contribution is -2.23. The van der Waals surface area contributed by atoms with Gasteiger partial charge in [0.25, 0.3) is 0 Å². The molecule has 0 saturated carbocycles. The first-order chi connectivity index (χ1) is 10.6. The van der Waals surface area contributed by atoms with Crippen LogP contribution in [0.15, 0.2) is 24.4 Å². The van der Waals surface area contributed by atoms with Crippen LogP contribution in [-0.4, -0.2) is 34.3 Å². The molecule has 22 heavy (non-hydrogen) atoms. The number of aromatic nitrogens is 1. The van der Waals surface area contributed by atoms with Crippen LogP contribution in [-0.2, 0) is 0 Å². The molecule has 1 aromatic carbocycles. The van der Waals surface area contributed by atoms with Gasteiger partial charge in [0.05, 0.1) is 11.2 Å². The van der Waals surface area contributed by atoms with E-state index in [1.54, 1.807) is 18.3 Å². The van der Waals surface area contributed by atoms with Crippen molar-refractivity contribution in [2.75, 3.05) is 18.4 Å². The van der Waals surface area contributed by atoms with Crippen molar-refractivity contribution in [1.82, 2.24) is 10.3 Å². The van der Waals surface area contributed by atoms with E-state index in [2.05, 4.69) is 29.5 Å². The number of fused-ring (bicyclic) bond motifs is 1. The average Bonchev–Trinajstić information content (AvgIpc) is 2.50. The van der Waals surface area contributed by atoms with Crippen molar-refractivity contribution in [1.29, 1.82) is 0 Å². The molecule has 0 spiro atoms. The summed E-state index contributed by atoms with van der Waals surface area (Å²) in [5.41, 5.74) is 1.44. The number of pyridine rings is 1. The molecule has 2 rings (SSSR count). The highest BCUT2D eigenvalue weighted by molar-refractivity contribution is 5.96. The van der Waals surface area contributed by atoms with Gasteiger partial charge in [0.1, 0.15) is 0 Å². The van der Waals surface area contributed by atoms with Crippen LogP contribution in [0.4, 0.5) is 5.69 Å². The molecule has 0 aliphatic rings. The van der Waals surface area contributed by atoms with Gasteiger partial charge < -0.3 is 20.8 Å². The first-order valence-corrected chi connectivity index (χ1v) is 7.86. The molecule has 0 radical (unpaired) electrons. The summed E-state index contributed by atoms with van der Waals surface area (Å²) in [6.07, 6.45) is 5.03. The minimum atomic E-state index is -0.121. The van der Waals surface area contributed by atoms with Crippen LogP contribution in [0.2, 0.25) is 0 Å². The lowest BCUT2D eigenvalue weighted by molar-refractivity contribution is 0.408. The van der Waals surface area contributed by atoms with E-state index in [1.807, 2.05) is 0 Å². The van der Waals surface area contributed by atoms with E-state index in [-0.39, 0.29) is 11.5 Å². The monoisotopic (exact) mass is 303 g/mol. The van der Waals surface area contributed by atoms with Crippen molar-refractivity contribution in [3.63, 3.8) is 0 Å². The van der Waals surface area contributed by atoms with Gasteiger partial charge in [-0.3, -0.25) is 4.98 Å². The summed E-state index contributed by atoms with van der Waals surface area (Å²) in [5, 5.41) is 26.9. The second-order valence-corrected chi connectivity index (χ2v) is 5.79. The summed E-state index contributed by atoms with van der Waals surface area (Å²) in [7, 11) is 0. The molecule has 0 amide bonds. The van der Waals surface area contributed by atoms with E-state index in [0.29, 0.717) is 16.9 Å². The normalized spacial score (nSPS) is 11.2. The molecule has 0 fully saturated rings. The Kier molecular flexibility index (Phi) is 5.83. The van der Waals surface area contributed by atoms with Gasteiger partial charge in [-0.15, -0.1) is 0 Å². The zero-order valence-corrected chi connectivity index (χ0v) is 13.3. The molecular formula is C17H25N3O2. The van der Waals surface area contributed by atoms with Crippen molar-refractivity contribution in [2.24, 2.45) is 0 Å². The van der Waals surface area contributed by atoms with Crippen LogP contribution in [0.1, 0.15) is 33.1 Å². The fraction of sp³-hybridized carbons (Fsp3) is 0.471. The maximum atomic E-state index is 9.87. The fourth-order valence-corrected chi connectivity index (χ4v) is 2.40. The molecule has 0 saturated heterocycles. The summed E-state index contributed by atoms with van der Waals surface area (Å²) >= 11 is 0. The van der Waals surface area contributed by atoms with Crippen molar-refractivity contribution < 1.29 is 10.2 Å². The van der Waals surface area contributed by atoms with Crippen LogP contribution in [0.5, 0.6) is 11.5 Å². The number of rotatable bonds is 8. The van der Waals surface area contributed by atoms with E-state index in [1.165, 1.54) is 6.07 Å². The first kappa shape index (κ1) is 16.4. The SMILES string of the molecule is CC(C)NCCCCCNc1cc(O)c(O)c2cccnc12. The van der Waals surface area contributed by atoms with Gasteiger partial charge >= 0.3 is 0 Å². The number of nitrogens with one attached hydrogen (secondary N) is 2. The summed E-state index contributed by atoms with van der Waals surface area (Å²) < 4.78 is 0. The van der Waals surface area contributed by atoms with E-state index in [0.717, 1.165) is 38.0 Å². The summed E-state index contributed by atoms with van der Waals surface area (Å²) in [4.78, 5) is 4.29. The molecular weight excluding hydrogens is 278 g/mol. The minimum absolute atomic E-state index is 0.117. The average molecular weight is 303 g/mol. The van der Waals surface area contributed by atoms with Gasteiger partial charge in [-0.05, 0) is 31.5 Å². The van der Waals surface area contributed by atoms with Crippen LogP contribution in [0.25, 0.3) is 10.9 Å². The maximum Gasteiger partial charge on any atom is 0.167 e. The quantitative estimate of drug-likeness (QED) is 0.342. The van der Waals surface area contributed by atoms with E-state index < -0.39 is 0 Å². The zero-order valence-electron chi connectivity index (χ0n) is 13.3. The number of phenolic OH excluding ortho intramolecular Hbond substituents is 2. The third-order valence-corrected chi connectivity index (χ3v) is 3.56. The highest BCUT2D eigenvalue weighted by Crippen LogP contribution is 2.37. The Balaban J connectivity index is 1.88. The largest absolute Gasteiger partial charge is 0.504 e. The summed E-state index contributed by atoms with van der Waals surface area (Å²) in [5.74, 6) is -0.238. The Bertz CT molecular complexity index is 614. The second-order valence-electron chi connectivity index (χ2n) is 5.79. The van der Waals surface area contributed by atoms with Crippen molar-refractivity contribution >= 4 is 16.6 Å². The maximum absolute atomic E-state index is 9.87. The Morgan fingerprint density at radius 3 is 2.68 bits per heavy atom. The van der Waals surface area contributed by atoms with Crippen LogP contribution in [0, 0.1) is 0 Å². The standard InChI is InChI=1S/C17H25N3O2/c1-12(2)18-8-4-3-5-9-19-14-11-15(21)17(22)13-7-6-10-20-16(13)14/h6-7,10-12,18-19,21-22H,3-5,8-9H2,1-2H3. The Hall–Kier alpha value is -2.01. The summed E-state index contributed by atoms with van der Waals surface area (Å²) in [6, 6.07) is 5.56. The molecule has 2 aromatic rings. The third kappa shape index (κ3) is 4.24. The minimum Gasteiger partial charge on any atom is -0.504 e. The second kappa shape index (κ2) is 7.84. The molecule has 1 heterocycles. The molecule has 0 aliphatic heterocycles. The van der Waals surface area contributed by atoms with E-state index >= 15 is 0 Å². The fourth-order valence-electron chi connectivity index (χ4n) is 2.40. The van der Waals surface area contributed by atoms with Gasteiger partial charge in [-0.1, -0.05) is 20.3 Å². The lowest BCUT2D eigenvalue weighted by atomic mass is 10.1. The van der Waals surface area contributed by atoms with Gasteiger partial charge in [-0.2, -0.15) is 0 Å². The smallest absolute Gasteiger partial charge is 0.167 e. The number of hydrogen-bond acceptors (Lipinski definition) is 5. The van der Waals surface area contributed by atoms with Crippen molar-refractivity contribution in [3.8, 4) is 11.5 Å². The van der Waals surface area contributed by atoms with Crippen molar-refractivity contribution in [3.05, 3.63) is 24.4 Å². The Morgan fingerprint density at radius 2 is 1.91 bits per heavy atom. The molecule has 1 aromatic heterocycles. The Labute approximate surface area is 131 Å². The van der Waals surface area contributed by atoms with Crippen LogP contribution < -0.4 is 10.6 Å². The molecule has 0 atom stereocenters. The summed E-state index contributed by atoms with van der Waals surface area (Å²) in [6.45, 7) is 6.16. The molecule has 0 bridgehead atoms. The lowest BCUT2D eigenvalue weighted by Gasteiger charge is -2.12. The van der Waals surface area contributed by atoms with E-state index in [4.69, 9.17) is 0 Å². The number of hydrogen-bond donors (Lipinski definition) is 4. The number of aromatic hydroxyl groups is 2. The van der Waals surface area contributed by atoms with Gasteiger partial charge in [-0.25, -0.2) is 0 Å². The predicted molar refractivity (Wildman–Crippen MR) is 90.6 cm³/mol. The molecule has 4 N–H and O–H groups in total.